The molecule has 4 atom stereocenters. The molecule has 2 saturated carbocycles. The molecule has 0 aromatic carbocycles. The van der Waals surface area contributed by atoms with E-state index >= 15 is 0 Å². The first-order valence-electron chi connectivity index (χ1n) is 8.29. The fourth-order valence-electron chi connectivity index (χ4n) is 4.41. The van der Waals surface area contributed by atoms with Gasteiger partial charge in [-0.2, -0.15) is 0 Å². The number of likely N-dealkylation sites (tertiary alicyclic amines) is 1. The topological polar surface area (TPSA) is 62.6 Å². The summed E-state index contributed by atoms with van der Waals surface area (Å²) in [7, 11) is 0. The second kappa shape index (κ2) is 5.45. The van der Waals surface area contributed by atoms with Crippen molar-refractivity contribution in [3.05, 3.63) is 24.2 Å². The van der Waals surface area contributed by atoms with Gasteiger partial charge in [-0.3, -0.25) is 9.59 Å². The quantitative estimate of drug-likeness (QED) is 0.924. The summed E-state index contributed by atoms with van der Waals surface area (Å²) in [6.07, 6.45) is 6.93. The third-order valence-corrected chi connectivity index (χ3v) is 5.58. The predicted molar refractivity (Wildman–Crippen MR) is 79.6 cm³/mol. The zero-order chi connectivity index (χ0) is 15.1. The highest BCUT2D eigenvalue weighted by Crippen LogP contribution is 2.44. The van der Waals surface area contributed by atoms with E-state index in [1.807, 2.05) is 12.1 Å². The number of fused-ring (bicyclic) bond motifs is 2. The molecule has 1 saturated heterocycles. The Balaban J connectivity index is 1.33. The number of nitrogens with zero attached hydrogens (tertiary/aromatic N) is 1. The largest absolute Gasteiger partial charge is 0.467 e. The smallest absolute Gasteiger partial charge is 0.225 e. The molecule has 5 heteroatoms. The molecule has 118 valence electrons. The molecule has 3 fully saturated rings. The van der Waals surface area contributed by atoms with Gasteiger partial charge in [0, 0.05) is 19.0 Å². The van der Waals surface area contributed by atoms with Gasteiger partial charge in [0.1, 0.15) is 5.76 Å². The molecule has 2 amide bonds. The zero-order valence-electron chi connectivity index (χ0n) is 12.7. The minimum absolute atomic E-state index is 0.0458. The maximum Gasteiger partial charge on any atom is 0.225 e. The molecular formula is C17H22N2O3. The number of carbonyl (C=O) groups is 2. The van der Waals surface area contributed by atoms with Crippen LogP contribution in [0.1, 0.15) is 37.9 Å². The maximum absolute atomic E-state index is 12.5. The maximum atomic E-state index is 12.5. The van der Waals surface area contributed by atoms with Crippen molar-refractivity contribution >= 4 is 11.8 Å². The summed E-state index contributed by atoms with van der Waals surface area (Å²) in [5, 5.41) is 3.21. The Labute approximate surface area is 130 Å². The number of hydrogen-bond donors (Lipinski definition) is 1. The van der Waals surface area contributed by atoms with Gasteiger partial charge in [-0.05, 0) is 43.2 Å². The van der Waals surface area contributed by atoms with Crippen LogP contribution >= 0.6 is 0 Å². The normalized spacial score (nSPS) is 33.6. The Bertz CT molecular complexity index is 568. The third-order valence-electron chi connectivity index (χ3n) is 5.58. The fourth-order valence-corrected chi connectivity index (χ4v) is 4.41. The Hall–Kier alpha value is -1.78. The van der Waals surface area contributed by atoms with E-state index < -0.39 is 0 Å². The molecule has 4 rings (SSSR count). The van der Waals surface area contributed by atoms with E-state index in [9.17, 15) is 9.59 Å². The molecule has 2 bridgehead atoms. The molecule has 2 heterocycles. The highest BCUT2D eigenvalue weighted by Gasteiger charge is 2.42. The van der Waals surface area contributed by atoms with Gasteiger partial charge in [-0.15, -0.1) is 0 Å². The predicted octanol–water partition coefficient (Wildman–Crippen LogP) is 1.93. The van der Waals surface area contributed by atoms with Crippen molar-refractivity contribution in [3.8, 4) is 0 Å². The van der Waals surface area contributed by atoms with Crippen molar-refractivity contribution in [1.29, 1.82) is 0 Å². The number of nitrogens with one attached hydrogen (secondary N) is 1. The van der Waals surface area contributed by atoms with Crippen LogP contribution in [0, 0.1) is 17.8 Å². The molecule has 22 heavy (non-hydrogen) atoms. The van der Waals surface area contributed by atoms with Crippen LogP contribution in [0.25, 0.3) is 0 Å². The molecule has 3 aliphatic rings. The Morgan fingerprint density at radius 3 is 2.95 bits per heavy atom. The molecule has 0 unspecified atom stereocenters. The first-order chi connectivity index (χ1) is 10.7. The molecule has 1 aromatic heterocycles. The van der Waals surface area contributed by atoms with Gasteiger partial charge in [-0.1, -0.05) is 6.42 Å². The van der Waals surface area contributed by atoms with Crippen molar-refractivity contribution in [3.63, 3.8) is 0 Å². The SMILES string of the molecule is O=C(N[C@@H]1C[C@H]2CC[C@H]1C2)[C@@H]1CC(=O)N(Cc2ccco2)C1. The van der Waals surface area contributed by atoms with Crippen molar-refractivity contribution in [1.82, 2.24) is 10.2 Å². The highest BCUT2D eigenvalue weighted by atomic mass is 16.3. The van der Waals surface area contributed by atoms with Gasteiger partial charge >= 0.3 is 0 Å². The molecule has 5 nitrogen and oxygen atoms in total. The second-order valence-electron chi connectivity index (χ2n) is 7.04. The van der Waals surface area contributed by atoms with Crippen LogP contribution in [0.3, 0.4) is 0 Å². The minimum atomic E-state index is -0.207. The van der Waals surface area contributed by atoms with Crippen LogP contribution < -0.4 is 5.32 Å². The van der Waals surface area contributed by atoms with Crippen molar-refractivity contribution in [2.45, 2.75) is 44.7 Å². The van der Waals surface area contributed by atoms with E-state index in [-0.39, 0.29) is 17.7 Å². The summed E-state index contributed by atoms with van der Waals surface area (Å²) in [5.74, 6) is 2.16. The minimum Gasteiger partial charge on any atom is -0.467 e. The monoisotopic (exact) mass is 302 g/mol. The van der Waals surface area contributed by atoms with E-state index in [4.69, 9.17) is 4.42 Å². The lowest BCUT2D eigenvalue weighted by Crippen LogP contribution is -2.42. The number of amides is 2. The van der Waals surface area contributed by atoms with Crippen LogP contribution in [0.2, 0.25) is 0 Å². The summed E-state index contributed by atoms with van der Waals surface area (Å²) in [5.41, 5.74) is 0. The van der Waals surface area contributed by atoms with Gasteiger partial charge in [0.15, 0.2) is 0 Å². The standard InChI is InChI=1S/C17H22N2O3/c20-16-8-13(9-19(16)10-14-2-1-5-22-14)17(21)18-15-7-11-3-4-12(15)6-11/h1-2,5,11-13,15H,3-4,6-10H2,(H,18,21)/t11-,12-,13+,15+/m0/s1. The Kier molecular flexibility index (Phi) is 3.43. The summed E-state index contributed by atoms with van der Waals surface area (Å²) in [6, 6.07) is 4.02. The summed E-state index contributed by atoms with van der Waals surface area (Å²) >= 11 is 0. The molecule has 2 aliphatic carbocycles. The third kappa shape index (κ3) is 2.53. The second-order valence-corrected chi connectivity index (χ2v) is 7.04. The first kappa shape index (κ1) is 13.9. The van der Waals surface area contributed by atoms with E-state index in [1.165, 1.54) is 19.3 Å². The van der Waals surface area contributed by atoms with Crippen molar-refractivity contribution in [2.75, 3.05) is 6.54 Å². The molecule has 1 N–H and O–H groups in total. The molecule has 0 radical (unpaired) electrons. The fraction of sp³-hybridized carbons (Fsp3) is 0.647. The summed E-state index contributed by atoms with van der Waals surface area (Å²) < 4.78 is 5.29. The molecule has 1 aliphatic heterocycles. The van der Waals surface area contributed by atoms with E-state index in [2.05, 4.69) is 5.32 Å². The van der Waals surface area contributed by atoms with Gasteiger partial charge in [-0.25, -0.2) is 0 Å². The summed E-state index contributed by atoms with van der Waals surface area (Å²) in [6.45, 7) is 0.968. The first-order valence-corrected chi connectivity index (χ1v) is 8.29. The van der Waals surface area contributed by atoms with Crippen LogP contribution in [0.15, 0.2) is 22.8 Å². The lowest BCUT2D eigenvalue weighted by molar-refractivity contribution is -0.129. The number of furan rings is 1. The van der Waals surface area contributed by atoms with Gasteiger partial charge in [0.05, 0.1) is 18.7 Å². The van der Waals surface area contributed by atoms with Crippen LogP contribution in [-0.2, 0) is 16.1 Å². The molecule has 1 aromatic rings. The van der Waals surface area contributed by atoms with Crippen molar-refractivity contribution in [2.24, 2.45) is 17.8 Å². The van der Waals surface area contributed by atoms with Crippen LogP contribution in [0.5, 0.6) is 0 Å². The molecular weight excluding hydrogens is 280 g/mol. The highest BCUT2D eigenvalue weighted by molar-refractivity contribution is 5.89. The lowest BCUT2D eigenvalue weighted by Gasteiger charge is -2.24. The van der Waals surface area contributed by atoms with E-state index in [0.29, 0.717) is 31.5 Å². The van der Waals surface area contributed by atoms with Gasteiger partial charge < -0.3 is 14.6 Å². The van der Waals surface area contributed by atoms with Gasteiger partial charge in [0.2, 0.25) is 11.8 Å². The lowest BCUT2D eigenvalue weighted by atomic mass is 9.94. The number of carbonyl (C=O) groups excluding carboxylic acids is 2. The van der Waals surface area contributed by atoms with E-state index in [0.717, 1.165) is 18.1 Å². The van der Waals surface area contributed by atoms with E-state index in [1.54, 1.807) is 11.2 Å². The molecule has 0 spiro atoms. The van der Waals surface area contributed by atoms with Gasteiger partial charge in [0.25, 0.3) is 0 Å². The van der Waals surface area contributed by atoms with Crippen LogP contribution in [-0.4, -0.2) is 29.3 Å². The summed E-state index contributed by atoms with van der Waals surface area (Å²) in [4.78, 5) is 26.3. The van der Waals surface area contributed by atoms with Crippen LogP contribution in [0.4, 0.5) is 0 Å². The number of rotatable bonds is 4. The average molecular weight is 302 g/mol. The van der Waals surface area contributed by atoms with Crippen molar-refractivity contribution < 1.29 is 14.0 Å². The Morgan fingerprint density at radius 2 is 2.27 bits per heavy atom. The average Bonchev–Trinajstić information content (AvgIpc) is 3.25. The number of hydrogen-bond acceptors (Lipinski definition) is 3. The Morgan fingerprint density at radius 1 is 1.36 bits per heavy atom. The zero-order valence-corrected chi connectivity index (χ0v) is 12.7.